The van der Waals surface area contributed by atoms with Crippen molar-refractivity contribution in [3.05, 3.63) is 54.1 Å². The zero-order valence-electron chi connectivity index (χ0n) is 19.5. The lowest BCUT2D eigenvalue weighted by Crippen LogP contribution is -2.46. The van der Waals surface area contributed by atoms with Gasteiger partial charge in [0.25, 0.3) is 11.8 Å². The third kappa shape index (κ3) is 8.65. The van der Waals surface area contributed by atoms with Gasteiger partial charge in [0.15, 0.2) is 13.2 Å². The average Bonchev–Trinajstić information content (AvgIpc) is 2.87. The number of rotatable bonds is 9. The highest BCUT2D eigenvalue weighted by Crippen LogP contribution is 2.18. The van der Waals surface area contributed by atoms with E-state index in [0.29, 0.717) is 17.2 Å². The van der Waals surface area contributed by atoms with Gasteiger partial charge in [-0.3, -0.25) is 14.9 Å². The van der Waals surface area contributed by atoms with E-state index < -0.39 is 24.5 Å². The van der Waals surface area contributed by atoms with Crippen LogP contribution in [0.1, 0.15) is 42.5 Å². The lowest BCUT2D eigenvalue weighted by molar-refractivity contribution is -0.123. The van der Waals surface area contributed by atoms with E-state index in [2.05, 4.69) is 16.0 Å². The Labute approximate surface area is 203 Å². The van der Waals surface area contributed by atoms with Crippen LogP contribution in [0.3, 0.4) is 0 Å². The largest absolute Gasteiger partial charge is 0.497 e. The first-order valence-electron chi connectivity index (χ1n) is 11.4. The summed E-state index contributed by atoms with van der Waals surface area (Å²) < 4.78 is 15.5. The van der Waals surface area contributed by atoms with Crippen LogP contribution < -0.4 is 25.4 Å². The van der Waals surface area contributed by atoms with Gasteiger partial charge in [-0.15, -0.1) is 0 Å². The third-order valence-corrected chi connectivity index (χ3v) is 5.34. The fourth-order valence-corrected chi connectivity index (χ4v) is 3.58. The van der Waals surface area contributed by atoms with Crippen LogP contribution in [0.25, 0.3) is 0 Å². The molecule has 0 heterocycles. The number of anilines is 1. The quantitative estimate of drug-likeness (QED) is 0.467. The summed E-state index contributed by atoms with van der Waals surface area (Å²) in [4.78, 5) is 48.0. The molecule has 186 valence electrons. The van der Waals surface area contributed by atoms with Crippen LogP contribution in [0.2, 0.25) is 0 Å². The van der Waals surface area contributed by atoms with Crippen LogP contribution in [0.15, 0.2) is 48.5 Å². The normalized spacial score (nSPS) is 13.3. The van der Waals surface area contributed by atoms with Gasteiger partial charge < -0.3 is 24.8 Å². The predicted octanol–water partition coefficient (Wildman–Crippen LogP) is 3.03. The first kappa shape index (κ1) is 25.5. The van der Waals surface area contributed by atoms with Gasteiger partial charge in [-0.1, -0.05) is 25.3 Å². The smallest absolute Gasteiger partial charge is 0.338 e. The molecule has 10 heteroatoms. The summed E-state index contributed by atoms with van der Waals surface area (Å²) >= 11 is 0. The third-order valence-electron chi connectivity index (χ3n) is 5.34. The van der Waals surface area contributed by atoms with E-state index in [1.54, 1.807) is 24.3 Å². The van der Waals surface area contributed by atoms with Gasteiger partial charge in [-0.25, -0.2) is 9.59 Å². The first-order valence-corrected chi connectivity index (χ1v) is 11.4. The number of amides is 4. The van der Waals surface area contributed by atoms with Crippen molar-refractivity contribution in [3.63, 3.8) is 0 Å². The van der Waals surface area contributed by atoms with E-state index in [4.69, 9.17) is 14.2 Å². The maximum absolute atomic E-state index is 12.2. The summed E-state index contributed by atoms with van der Waals surface area (Å²) in [7, 11) is 1.54. The molecule has 2 aromatic carbocycles. The Balaban J connectivity index is 1.37. The molecular weight excluding hydrogens is 454 g/mol. The highest BCUT2D eigenvalue weighted by Gasteiger charge is 2.18. The molecule has 1 saturated carbocycles. The lowest BCUT2D eigenvalue weighted by Gasteiger charge is -2.22. The van der Waals surface area contributed by atoms with Gasteiger partial charge in [0.1, 0.15) is 11.5 Å². The second-order valence-corrected chi connectivity index (χ2v) is 8.03. The Bertz CT molecular complexity index is 1030. The molecule has 0 bridgehead atoms. The van der Waals surface area contributed by atoms with Crippen LogP contribution in [0.5, 0.6) is 11.5 Å². The number of benzene rings is 2. The molecule has 0 radical (unpaired) electrons. The van der Waals surface area contributed by atoms with Gasteiger partial charge in [0, 0.05) is 17.8 Å². The molecule has 0 aromatic heterocycles. The van der Waals surface area contributed by atoms with E-state index >= 15 is 0 Å². The summed E-state index contributed by atoms with van der Waals surface area (Å²) in [5.74, 6) is -0.810. The summed E-state index contributed by atoms with van der Waals surface area (Å²) in [6, 6.07) is 12.3. The highest BCUT2D eigenvalue weighted by molar-refractivity contribution is 5.97. The number of methoxy groups -OCH3 is 1. The Morgan fingerprint density at radius 1 is 0.886 bits per heavy atom. The average molecular weight is 484 g/mol. The molecule has 35 heavy (non-hydrogen) atoms. The summed E-state index contributed by atoms with van der Waals surface area (Å²) in [5, 5.41) is 7.61. The second kappa shape index (κ2) is 13.0. The molecular formula is C25H29N3O7. The molecule has 3 rings (SSSR count). The molecule has 1 aliphatic rings. The summed E-state index contributed by atoms with van der Waals surface area (Å²) in [6.07, 6.45) is 5.04. The zero-order chi connectivity index (χ0) is 25.0. The SMILES string of the molecule is COc1cccc(NC(=O)COc2ccc(C(=O)OCC(=O)NC(=O)NC3CCCCC3)cc2)c1. The molecule has 0 unspecified atom stereocenters. The Hall–Kier alpha value is -4.08. The molecule has 1 fully saturated rings. The number of hydrogen-bond acceptors (Lipinski definition) is 7. The van der Waals surface area contributed by atoms with Crippen LogP contribution in [0.4, 0.5) is 10.5 Å². The van der Waals surface area contributed by atoms with Crippen molar-refractivity contribution >= 4 is 29.5 Å². The predicted molar refractivity (Wildman–Crippen MR) is 127 cm³/mol. The number of carbonyl (C=O) groups is 4. The maximum Gasteiger partial charge on any atom is 0.338 e. The van der Waals surface area contributed by atoms with Gasteiger partial charge in [-0.05, 0) is 49.2 Å². The molecule has 10 nitrogen and oxygen atoms in total. The van der Waals surface area contributed by atoms with E-state index in [-0.39, 0.29) is 24.1 Å². The number of urea groups is 1. The molecule has 3 N–H and O–H groups in total. The number of carbonyl (C=O) groups excluding carboxylic acids is 4. The van der Waals surface area contributed by atoms with Crippen molar-refractivity contribution < 1.29 is 33.4 Å². The lowest BCUT2D eigenvalue weighted by atomic mass is 9.96. The van der Waals surface area contributed by atoms with Crippen molar-refractivity contribution in [1.82, 2.24) is 10.6 Å². The number of nitrogens with one attached hydrogen (secondary N) is 3. The van der Waals surface area contributed by atoms with E-state index in [1.807, 2.05) is 0 Å². The fraction of sp³-hybridized carbons (Fsp3) is 0.360. The molecule has 2 aromatic rings. The first-order chi connectivity index (χ1) is 16.9. The van der Waals surface area contributed by atoms with Gasteiger partial charge >= 0.3 is 12.0 Å². The van der Waals surface area contributed by atoms with Crippen molar-refractivity contribution in [1.29, 1.82) is 0 Å². The number of hydrogen-bond donors (Lipinski definition) is 3. The summed E-state index contributed by atoms with van der Waals surface area (Å²) in [5.41, 5.74) is 0.768. The van der Waals surface area contributed by atoms with Gasteiger partial charge in [0.2, 0.25) is 0 Å². The van der Waals surface area contributed by atoms with Crippen LogP contribution in [-0.4, -0.2) is 50.2 Å². The minimum absolute atomic E-state index is 0.0627. The molecule has 0 saturated heterocycles. The van der Waals surface area contributed by atoms with E-state index in [1.165, 1.54) is 31.4 Å². The van der Waals surface area contributed by atoms with Crippen LogP contribution in [-0.2, 0) is 14.3 Å². The standard InChI is InChI=1S/C25H29N3O7/c1-33-21-9-5-8-19(14-21)26-22(29)15-34-20-12-10-17(11-13-20)24(31)35-16-23(30)28-25(32)27-18-6-3-2-4-7-18/h5,8-14,18H,2-4,6-7,15-16H2,1H3,(H,26,29)(H2,27,28,30,32). The Kier molecular flexibility index (Phi) is 9.47. The van der Waals surface area contributed by atoms with Crippen molar-refractivity contribution in [2.75, 3.05) is 25.6 Å². The molecule has 0 aliphatic heterocycles. The monoisotopic (exact) mass is 483 g/mol. The van der Waals surface area contributed by atoms with E-state index in [0.717, 1.165) is 32.1 Å². The van der Waals surface area contributed by atoms with Crippen LogP contribution in [0, 0.1) is 0 Å². The van der Waals surface area contributed by atoms with Crippen molar-refractivity contribution in [2.45, 2.75) is 38.1 Å². The summed E-state index contributed by atoms with van der Waals surface area (Å²) in [6.45, 7) is -0.816. The van der Waals surface area contributed by atoms with Crippen LogP contribution >= 0.6 is 0 Å². The van der Waals surface area contributed by atoms with E-state index in [9.17, 15) is 19.2 Å². The molecule has 1 aliphatic carbocycles. The zero-order valence-corrected chi connectivity index (χ0v) is 19.5. The minimum Gasteiger partial charge on any atom is -0.497 e. The topological polar surface area (TPSA) is 132 Å². The molecule has 4 amide bonds. The fourth-order valence-electron chi connectivity index (χ4n) is 3.58. The minimum atomic E-state index is -0.727. The number of imide groups is 1. The Morgan fingerprint density at radius 3 is 2.34 bits per heavy atom. The Morgan fingerprint density at radius 2 is 1.63 bits per heavy atom. The maximum atomic E-state index is 12.2. The molecule has 0 spiro atoms. The van der Waals surface area contributed by atoms with Crippen molar-refractivity contribution in [2.24, 2.45) is 0 Å². The number of esters is 1. The van der Waals surface area contributed by atoms with Gasteiger partial charge in [0.05, 0.1) is 12.7 Å². The number of ether oxygens (including phenoxy) is 3. The highest BCUT2D eigenvalue weighted by atomic mass is 16.5. The molecule has 0 atom stereocenters. The second-order valence-electron chi connectivity index (χ2n) is 8.03. The van der Waals surface area contributed by atoms with Crippen molar-refractivity contribution in [3.8, 4) is 11.5 Å². The van der Waals surface area contributed by atoms with Gasteiger partial charge in [-0.2, -0.15) is 0 Å².